The summed E-state index contributed by atoms with van der Waals surface area (Å²) in [7, 11) is 0. The zero-order chi connectivity index (χ0) is 17.1. The van der Waals surface area contributed by atoms with Gasteiger partial charge in [-0.25, -0.2) is 0 Å². The molecule has 0 atom stereocenters. The molecule has 3 nitrogen and oxygen atoms in total. The first-order valence-corrected chi connectivity index (χ1v) is 8.93. The van der Waals surface area contributed by atoms with Gasteiger partial charge in [0.1, 0.15) is 0 Å². The van der Waals surface area contributed by atoms with Crippen LogP contribution in [0, 0.1) is 20.8 Å². The molecule has 0 aliphatic heterocycles. The van der Waals surface area contributed by atoms with Crippen LogP contribution in [0.5, 0.6) is 0 Å². The molecule has 0 fully saturated rings. The Labute approximate surface area is 146 Å². The Morgan fingerprint density at radius 1 is 1.04 bits per heavy atom. The smallest absolute Gasteiger partial charge is 0.239 e. The van der Waals surface area contributed by atoms with E-state index in [-0.39, 0.29) is 5.91 Å². The number of hydrogen-bond acceptors (Lipinski definition) is 2. The van der Waals surface area contributed by atoms with E-state index in [1.807, 2.05) is 38.1 Å². The van der Waals surface area contributed by atoms with Crippen molar-refractivity contribution in [2.75, 3.05) is 11.1 Å². The third-order valence-electron chi connectivity index (χ3n) is 3.97. The van der Waals surface area contributed by atoms with E-state index in [1.54, 1.807) is 0 Å². The van der Waals surface area contributed by atoms with Crippen molar-refractivity contribution in [3.63, 3.8) is 0 Å². The average Bonchev–Trinajstić information content (AvgIpc) is 2.56. The maximum absolute atomic E-state index is 12.2. The minimum Gasteiger partial charge on any atom is -0.325 e. The summed E-state index contributed by atoms with van der Waals surface area (Å²) >= 11 is 1.52. The number of aromatic amines is 1. The standard InChI is InChI=1S/C20H20N2OS/c1-13-8-9-17(15(3)10-13)21-19(23)12-24-20-11-14(2)16-6-4-5-7-18(16)22-20/h4-11H,12H2,1-3H3,(H,21,23)/p+1. The van der Waals surface area contributed by atoms with Gasteiger partial charge in [-0.15, -0.1) is 0 Å². The van der Waals surface area contributed by atoms with Gasteiger partial charge in [0.15, 0.2) is 0 Å². The molecule has 0 radical (unpaired) electrons. The number of para-hydroxylation sites is 1. The molecule has 24 heavy (non-hydrogen) atoms. The van der Waals surface area contributed by atoms with Crippen LogP contribution in [-0.4, -0.2) is 11.7 Å². The molecule has 3 aromatic rings. The van der Waals surface area contributed by atoms with E-state index in [0.717, 1.165) is 21.8 Å². The van der Waals surface area contributed by atoms with Crippen LogP contribution >= 0.6 is 11.8 Å². The number of carbonyl (C=O) groups is 1. The van der Waals surface area contributed by atoms with Crippen LogP contribution in [0.25, 0.3) is 10.9 Å². The molecule has 2 aromatic carbocycles. The molecule has 2 N–H and O–H groups in total. The number of thioether (sulfide) groups is 1. The normalized spacial score (nSPS) is 10.8. The van der Waals surface area contributed by atoms with Gasteiger partial charge in [0, 0.05) is 23.2 Å². The number of aromatic nitrogens is 1. The van der Waals surface area contributed by atoms with E-state index in [0.29, 0.717) is 5.75 Å². The van der Waals surface area contributed by atoms with Crippen LogP contribution in [0.1, 0.15) is 16.7 Å². The highest BCUT2D eigenvalue weighted by molar-refractivity contribution is 7.99. The zero-order valence-electron chi connectivity index (χ0n) is 14.1. The van der Waals surface area contributed by atoms with Gasteiger partial charge in [0.05, 0.1) is 5.75 Å². The SMILES string of the molecule is Cc1ccc(NC(=O)CSc2cc(C)c3ccccc3[nH+]2)c(C)c1. The highest BCUT2D eigenvalue weighted by Crippen LogP contribution is 2.21. The lowest BCUT2D eigenvalue weighted by Crippen LogP contribution is -2.16. The Balaban J connectivity index is 1.68. The molecule has 0 saturated carbocycles. The number of fused-ring (bicyclic) bond motifs is 1. The van der Waals surface area contributed by atoms with Crippen molar-refractivity contribution in [3.8, 4) is 0 Å². The first-order chi connectivity index (χ1) is 11.5. The summed E-state index contributed by atoms with van der Waals surface area (Å²) in [5.74, 6) is 0.382. The van der Waals surface area contributed by atoms with Crippen molar-refractivity contribution >= 4 is 34.3 Å². The van der Waals surface area contributed by atoms with Crippen molar-refractivity contribution in [3.05, 3.63) is 65.2 Å². The monoisotopic (exact) mass is 337 g/mol. The van der Waals surface area contributed by atoms with Gasteiger partial charge in [-0.2, -0.15) is 4.98 Å². The minimum atomic E-state index is 0.00571. The number of H-pyrrole nitrogens is 1. The predicted molar refractivity (Wildman–Crippen MR) is 101 cm³/mol. The van der Waals surface area contributed by atoms with Crippen molar-refractivity contribution < 1.29 is 9.78 Å². The van der Waals surface area contributed by atoms with E-state index in [9.17, 15) is 4.79 Å². The van der Waals surface area contributed by atoms with E-state index in [2.05, 4.69) is 41.5 Å². The van der Waals surface area contributed by atoms with Crippen molar-refractivity contribution in [2.24, 2.45) is 0 Å². The largest absolute Gasteiger partial charge is 0.325 e. The van der Waals surface area contributed by atoms with Gasteiger partial charge in [0.2, 0.25) is 16.4 Å². The number of aryl methyl sites for hydroxylation is 3. The Morgan fingerprint density at radius 2 is 1.83 bits per heavy atom. The van der Waals surface area contributed by atoms with E-state index in [4.69, 9.17) is 0 Å². The number of anilines is 1. The maximum Gasteiger partial charge on any atom is 0.239 e. The lowest BCUT2D eigenvalue weighted by molar-refractivity contribution is -0.395. The third-order valence-corrected chi connectivity index (χ3v) is 4.91. The summed E-state index contributed by atoms with van der Waals surface area (Å²) in [5, 5.41) is 5.20. The molecule has 122 valence electrons. The Hall–Kier alpha value is -2.33. The summed E-state index contributed by atoms with van der Waals surface area (Å²) < 4.78 is 0. The molecule has 3 rings (SSSR count). The lowest BCUT2D eigenvalue weighted by atomic mass is 10.1. The molecule has 1 aromatic heterocycles. The lowest BCUT2D eigenvalue weighted by Gasteiger charge is -2.08. The highest BCUT2D eigenvalue weighted by atomic mass is 32.2. The number of nitrogens with one attached hydrogen (secondary N) is 2. The van der Waals surface area contributed by atoms with Crippen LogP contribution in [0.15, 0.2) is 53.6 Å². The molecule has 4 heteroatoms. The number of pyridine rings is 1. The predicted octanol–water partition coefficient (Wildman–Crippen LogP) is 4.31. The second kappa shape index (κ2) is 7.05. The summed E-state index contributed by atoms with van der Waals surface area (Å²) in [6.07, 6.45) is 0. The van der Waals surface area contributed by atoms with Gasteiger partial charge in [-0.3, -0.25) is 4.79 Å². The van der Waals surface area contributed by atoms with Crippen LogP contribution in [-0.2, 0) is 4.79 Å². The summed E-state index contributed by atoms with van der Waals surface area (Å²) in [6, 6.07) is 16.3. The van der Waals surface area contributed by atoms with Gasteiger partial charge >= 0.3 is 0 Å². The second-order valence-electron chi connectivity index (χ2n) is 6.02. The summed E-state index contributed by atoms with van der Waals surface area (Å²) in [4.78, 5) is 15.6. The van der Waals surface area contributed by atoms with Crippen molar-refractivity contribution in [1.82, 2.24) is 0 Å². The second-order valence-corrected chi connectivity index (χ2v) is 7.03. The molecule has 0 spiro atoms. The fraction of sp³-hybridized carbons (Fsp3) is 0.200. The zero-order valence-corrected chi connectivity index (χ0v) is 15.0. The van der Waals surface area contributed by atoms with Crippen LogP contribution in [0.4, 0.5) is 5.69 Å². The third kappa shape index (κ3) is 3.77. The molecule has 0 aliphatic carbocycles. The maximum atomic E-state index is 12.2. The summed E-state index contributed by atoms with van der Waals surface area (Å²) in [6.45, 7) is 6.15. The van der Waals surface area contributed by atoms with Crippen LogP contribution in [0.2, 0.25) is 0 Å². The Kier molecular flexibility index (Phi) is 4.86. The Morgan fingerprint density at radius 3 is 2.62 bits per heavy atom. The number of carbonyl (C=O) groups excluding carboxylic acids is 1. The number of benzene rings is 2. The molecule has 0 saturated heterocycles. The van der Waals surface area contributed by atoms with E-state index in [1.165, 1.54) is 28.3 Å². The number of rotatable bonds is 4. The minimum absolute atomic E-state index is 0.00571. The molecule has 0 unspecified atom stereocenters. The fourth-order valence-electron chi connectivity index (χ4n) is 2.74. The van der Waals surface area contributed by atoms with Gasteiger partial charge in [0.25, 0.3) is 0 Å². The van der Waals surface area contributed by atoms with Gasteiger partial charge in [-0.05, 0) is 55.8 Å². The van der Waals surface area contributed by atoms with Gasteiger partial charge in [-0.1, -0.05) is 29.8 Å². The molecule has 0 bridgehead atoms. The quantitative estimate of drug-likeness (QED) is 0.721. The van der Waals surface area contributed by atoms with E-state index < -0.39 is 0 Å². The fourth-order valence-corrected chi connectivity index (χ4v) is 3.54. The summed E-state index contributed by atoms with van der Waals surface area (Å²) in [5.41, 5.74) is 5.46. The molecule has 0 aliphatic rings. The topological polar surface area (TPSA) is 43.2 Å². The van der Waals surface area contributed by atoms with Crippen molar-refractivity contribution in [1.29, 1.82) is 0 Å². The van der Waals surface area contributed by atoms with Crippen LogP contribution < -0.4 is 10.3 Å². The van der Waals surface area contributed by atoms with Gasteiger partial charge < -0.3 is 5.32 Å². The van der Waals surface area contributed by atoms with Crippen molar-refractivity contribution in [2.45, 2.75) is 25.8 Å². The number of amides is 1. The first-order valence-electron chi connectivity index (χ1n) is 7.94. The number of hydrogen-bond donors (Lipinski definition) is 1. The average molecular weight is 337 g/mol. The Bertz CT molecular complexity index is 905. The van der Waals surface area contributed by atoms with E-state index >= 15 is 0 Å². The molecular formula is C20H21N2OS+. The van der Waals surface area contributed by atoms with Crippen LogP contribution in [0.3, 0.4) is 0 Å². The molecule has 1 amide bonds. The highest BCUT2D eigenvalue weighted by Gasteiger charge is 2.12. The first kappa shape index (κ1) is 16.5. The molecule has 1 heterocycles. The molecular weight excluding hydrogens is 316 g/mol.